The molecule has 6 nitrogen and oxygen atoms in total. The fourth-order valence-corrected chi connectivity index (χ4v) is 5.10. The maximum absolute atomic E-state index is 12.7. The van der Waals surface area contributed by atoms with Crippen LogP contribution in [0.15, 0.2) is 24.3 Å². The number of carbonyl (C=O) groups is 2. The lowest BCUT2D eigenvalue weighted by Gasteiger charge is -2.33. The van der Waals surface area contributed by atoms with Gasteiger partial charge in [-0.1, -0.05) is 39.8 Å². The third kappa shape index (κ3) is 5.56. The Balaban J connectivity index is 2.02. The molecular weight excluding hydrogens is 378 g/mol. The monoisotopic (exact) mass is 409 g/mol. The third-order valence-corrected chi connectivity index (χ3v) is 7.02. The Morgan fingerprint density at radius 2 is 1.82 bits per heavy atom. The van der Waals surface area contributed by atoms with E-state index in [-0.39, 0.29) is 41.5 Å². The molecule has 0 bridgehead atoms. The van der Waals surface area contributed by atoms with E-state index in [0.29, 0.717) is 18.4 Å². The van der Waals surface area contributed by atoms with Gasteiger partial charge < -0.3 is 9.64 Å². The summed E-state index contributed by atoms with van der Waals surface area (Å²) >= 11 is 0. The van der Waals surface area contributed by atoms with Gasteiger partial charge in [-0.2, -0.15) is 0 Å². The summed E-state index contributed by atoms with van der Waals surface area (Å²) < 4.78 is 28.8. The molecule has 1 amide bonds. The lowest BCUT2D eigenvalue weighted by molar-refractivity contribution is -0.138. The van der Waals surface area contributed by atoms with Gasteiger partial charge in [-0.3, -0.25) is 4.79 Å². The highest BCUT2D eigenvalue weighted by atomic mass is 32.2. The first kappa shape index (κ1) is 22.4. The molecule has 0 spiro atoms. The van der Waals surface area contributed by atoms with Crippen LogP contribution in [0.1, 0.15) is 63.4 Å². The van der Waals surface area contributed by atoms with Crippen molar-refractivity contribution in [3.8, 4) is 0 Å². The van der Waals surface area contributed by atoms with Gasteiger partial charge in [0, 0.05) is 12.1 Å². The lowest BCUT2D eigenvalue weighted by Crippen LogP contribution is -2.48. The predicted molar refractivity (Wildman–Crippen MR) is 109 cm³/mol. The van der Waals surface area contributed by atoms with Gasteiger partial charge in [0.1, 0.15) is 0 Å². The highest BCUT2D eigenvalue weighted by molar-refractivity contribution is 7.91. The minimum absolute atomic E-state index is 0.0171. The number of hydrogen-bond acceptors (Lipinski definition) is 5. The molecule has 0 N–H and O–H groups in total. The van der Waals surface area contributed by atoms with Crippen LogP contribution in [-0.4, -0.2) is 55.4 Å². The fourth-order valence-electron chi connectivity index (χ4n) is 3.39. The summed E-state index contributed by atoms with van der Waals surface area (Å²) in [6, 6.07) is 6.69. The smallest absolute Gasteiger partial charge is 0.338 e. The maximum Gasteiger partial charge on any atom is 0.338 e. The molecule has 0 saturated carbocycles. The topological polar surface area (TPSA) is 80.8 Å². The van der Waals surface area contributed by atoms with E-state index in [1.54, 1.807) is 17.0 Å². The summed E-state index contributed by atoms with van der Waals surface area (Å²) in [5.41, 5.74) is 1.47. The lowest BCUT2D eigenvalue weighted by atomic mass is 9.87. The van der Waals surface area contributed by atoms with Gasteiger partial charge in [-0.25, -0.2) is 13.2 Å². The zero-order valence-corrected chi connectivity index (χ0v) is 18.2. The molecule has 0 aliphatic carbocycles. The van der Waals surface area contributed by atoms with E-state index in [1.807, 2.05) is 26.0 Å². The zero-order chi connectivity index (χ0) is 21.1. The van der Waals surface area contributed by atoms with Gasteiger partial charge in [0.25, 0.3) is 5.91 Å². The molecule has 7 heteroatoms. The molecule has 1 fully saturated rings. The third-order valence-electron chi connectivity index (χ3n) is 5.27. The van der Waals surface area contributed by atoms with Gasteiger partial charge in [-0.15, -0.1) is 0 Å². The maximum atomic E-state index is 12.7. The van der Waals surface area contributed by atoms with Crippen LogP contribution in [0, 0.1) is 0 Å². The predicted octanol–water partition coefficient (Wildman–Crippen LogP) is 2.96. The second kappa shape index (κ2) is 8.64. The van der Waals surface area contributed by atoms with Crippen molar-refractivity contribution in [2.24, 2.45) is 0 Å². The molecule has 1 aromatic rings. The molecule has 2 rings (SSSR count). The van der Waals surface area contributed by atoms with Crippen molar-refractivity contribution < 1.29 is 22.7 Å². The molecule has 2 unspecified atom stereocenters. The van der Waals surface area contributed by atoms with Crippen LogP contribution in [0.4, 0.5) is 0 Å². The number of ether oxygens (including phenoxy) is 1. The standard InChI is InChI=1S/C21H31NO5S/c1-6-15(2)22(18-11-12-28(25,26)14-18)19(23)13-27-20(24)16-7-9-17(10-8-16)21(3,4)5/h7-10,15,18H,6,11-14H2,1-5H3. The Bertz CT molecular complexity index is 808. The number of carbonyl (C=O) groups excluding carboxylic acids is 2. The summed E-state index contributed by atoms with van der Waals surface area (Å²) in [7, 11) is -3.11. The van der Waals surface area contributed by atoms with Gasteiger partial charge in [-0.05, 0) is 42.9 Å². The minimum Gasteiger partial charge on any atom is -0.452 e. The van der Waals surface area contributed by atoms with Crippen LogP contribution in [0.25, 0.3) is 0 Å². The summed E-state index contributed by atoms with van der Waals surface area (Å²) in [5, 5.41) is 0. The van der Waals surface area contributed by atoms with Crippen molar-refractivity contribution in [3.63, 3.8) is 0 Å². The Hall–Kier alpha value is -1.89. The van der Waals surface area contributed by atoms with Crippen molar-refractivity contribution in [2.45, 2.75) is 65.0 Å². The van der Waals surface area contributed by atoms with E-state index in [0.717, 1.165) is 5.56 Å². The second-order valence-corrected chi connectivity index (χ2v) is 10.7. The summed E-state index contributed by atoms with van der Waals surface area (Å²) in [6.45, 7) is 9.71. The quantitative estimate of drug-likeness (QED) is 0.675. The van der Waals surface area contributed by atoms with Crippen molar-refractivity contribution in [1.82, 2.24) is 4.90 Å². The minimum atomic E-state index is -3.11. The van der Waals surface area contributed by atoms with E-state index in [1.165, 1.54) is 0 Å². The van der Waals surface area contributed by atoms with Gasteiger partial charge in [0.05, 0.1) is 17.1 Å². The first-order valence-electron chi connectivity index (χ1n) is 9.74. The molecule has 1 saturated heterocycles. The van der Waals surface area contributed by atoms with Crippen LogP contribution in [0.3, 0.4) is 0 Å². The molecule has 28 heavy (non-hydrogen) atoms. The van der Waals surface area contributed by atoms with Crippen LogP contribution in [0.2, 0.25) is 0 Å². The van der Waals surface area contributed by atoms with Gasteiger partial charge in [0.2, 0.25) is 0 Å². The fraction of sp³-hybridized carbons (Fsp3) is 0.619. The van der Waals surface area contributed by atoms with Gasteiger partial charge >= 0.3 is 5.97 Å². The van der Waals surface area contributed by atoms with E-state index in [4.69, 9.17) is 4.74 Å². The zero-order valence-electron chi connectivity index (χ0n) is 17.4. The molecule has 1 aliphatic rings. The average molecular weight is 410 g/mol. The molecule has 0 radical (unpaired) electrons. The number of hydrogen-bond donors (Lipinski definition) is 0. The second-order valence-electron chi connectivity index (χ2n) is 8.52. The van der Waals surface area contributed by atoms with E-state index in [9.17, 15) is 18.0 Å². The van der Waals surface area contributed by atoms with E-state index < -0.39 is 15.8 Å². The van der Waals surface area contributed by atoms with Crippen LogP contribution >= 0.6 is 0 Å². The molecule has 1 aliphatic heterocycles. The molecule has 2 atom stereocenters. The van der Waals surface area contributed by atoms with Crippen molar-refractivity contribution in [2.75, 3.05) is 18.1 Å². The highest BCUT2D eigenvalue weighted by Crippen LogP contribution is 2.23. The summed E-state index contributed by atoms with van der Waals surface area (Å²) in [4.78, 5) is 26.6. The molecular formula is C21H31NO5S. The van der Waals surface area contributed by atoms with Crippen LogP contribution in [-0.2, 0) is 24.8 Å². The van der Waals surface area contributed by atoms with Gasteiger partial charge in [0.15, 0.2) is 16.4 Å². The number of rotatable bonds is 6. The first-order chi connectivity index (χ1) is 12.9. The van der Waals surface area contributed by atoms with E-state index in [2.05, 4.69) is 20.8 Å². The van der Waals surface area contributed by atoms with Crippen LogP contribution in [0.5, 0.6) is 0 Å². The number of amides is 1. The molecule has 1 heterocycles. The Morgan fingerprint density at radius 3 is 2.29 bits per heavy atom. The van der Waals surface area contributed by atoms with Crippen molar-refractivity contribution in [3.05, 3.63) is 35.4 Å². The number of sulfone groups is 1. The van der Waals surface area contributed by atoms with Crippen molar-refractivity contribution in [1.29, 1.82) is 0 Å². The Kier molecular flexibility index (Phi) is 6.91. The normalized spacial score (nSPS) is 19.8. The average Bonchev–Trinajstić information content (AvgIpc) is 2.98. The molecule has 156 valence electrons. The largest absolute Gasteiger partial charge is 0.452 e. The number of benzene rings is 1. The Morgan fingerprint density at radius 1 is 1.21 bits per heavy atom. The summed E-state index contributed by atoms with van der Waals surface area (Å²) in [5.74, 6) is -0.837. The first-order valence-corrected chi connectivity index (χ1v) is 11.6. The number of nitrogens with zero attached hydrogens (tertiary/aromatic N) is 1. The highest BCUT2D eigenvalue weighted by Gasteiger charge is 2.36. The Labute approximate surface area is 168 Å². The van der Waals surface area contributed by atoms with Crippen LogP contribution < -0.4 is 0 Å². The summed E-state index contributed by atoms with van der Waals surface area (Å²) in [6.07, 6.45) is 1.13. The van der Waals surface area contributed by atoms with E-state index >= 15 is 0 Å². The molecule has 0 aromatic heterocycles. The number of esters is 1. The molecule has 1 aromatic carbocycles. The van der Waals surface area contributed by atoms with Crippen molar-refractivity contribution >= 4 is 21.7 Å². The SMILES string of the molecule is CCC(C)N(C(=O)COC(=O)c1ccc(C(C)(C)C)cc1)C1CCS(=O)(=O)C1.